The molecule has 6 heteroatoms. The minimum absolute atomic E-state index is 0.130. The SMILES string of the molecule is CN(C(=O)Cc1ccccc1)c1cc(Br)cc(C(F)(F)F)c1. The van der Waals surface area contributed by atoms with Crippen LogP contribution in [0.15, 0.2) is 53.0 Å². The summed E-state index contributed by atoms with van der Waals surface area (Å²) >= 11 is 3.05. The number of halogens is 4. The third-order valence-electron chi connectivity index (χ3n) is 3.17. The van der Waals surface area contributed by atoms with Crippen molar-refractivity contribution in [2.45, 2.75) is 12.6 Å². The van der Waals surface area contributed by atoms with E-state index in [2.05, 4.69) is 15.9 Å². The number of amides is 1. The molecule has 2 nitrogen and oxygen atoms in total. The van der Waals surface area contributed by atoms with Crippen LogP contribution >= 0.6 is 15.9 Å². The fourth-order valence-electron chi connectivity index (χ4n) is 1.96. The lowest BCUT2D eigenvalue weighted by Crippen LogP contribution is -2.28. The van der Waals surface area contributed by atoms with Crippen LogP contribution in [0.1, 0.15) is 11.1 Å². The van der Waals surface area contributed by atoms with Crippen molar-refractivity contribution in [2.24, 2.45) is 0 Å². The van der Waals surface area contributed by atoms with Crippen LogP contribution in [-0.2, 0) is 17.4 Å². The number of rotatable bonds is 3. The van der Waals surface area contributed by atoms with Crippen molar-refractivity contribution in [3.63, 3.8) is 0 Å². The average Bonchev–Trinajstić information content (AvgIpc) is 2.46. The zero-order valence-electron chi connectivity index (χ0n) is 11.7. The van der Waals surface area contributed by atoms with E-state index in [-0.39, 0.29) is 22.5 Å². The highest BCUT2D eigenvalue weighted by Crippen LogP contribution is 2.34. The monoisotopic (exact) mass is 371 g/mol. The second-order valence-corrected chi connectivity index (χ2v) is 5.73. The molecule has 116 valence electrons. The summed E-state index contributed by atoms with van der Waals surface area (Å²) < 4.78 is 38.8. The number of carbonyl (C=O) groups is 1. The summed E-state index contributed by atoms with van der Waals surface area (Å²) in [6.07, 6.45) is -4.33. The van der Waals surface area contributed by atoms with Gasteiger partial charge in [0, 0.05) is 17.2 Å². The molecule has 0 saturated carbocycles. The van der Waals surface area contributed by atoms with Gasteiger partial charge >= 0.3 is 6.18 Å². The molecule has 0 saturated heterocycles. The Morgan fingerprint density at radius 2 is 1.77 bits per heavy atom. The van der Waals surface area contributed by atoms with Gasteiger partial charge in [0.05, 0.1) is 12.0 Å². The first-order valence-electron chi connectivity index (χ1n) is 6.45. The van der Waals surface area contributed by atoms with Crippen LogP contribution in [-0.4, -0.2) is 13.0 Å². The predicted molar refractivity (Wildman–Crippen MR) is 82.7 cm³/mol. The lowest BCUT2D eigenvalue weighted by Gasteiger charge is -2.19. The van der Waals surface area contributed by atoms with Gasteiger partial charge < -0.3 is 4.90 Å². The minimum Gasteiger partial charge on any atom is -0.315 e. The summed E-state index contributed by atoms with van der Waals surface area (Å²) in [4.78, 5) is 13.4. The number of hydrogen-bond donors (Lipinski definition) is 0. The molecule has 0 radical (unpaired) electrons. The van der Waals surface area contributed by atoms with Gasteiger partial charge in [0.25, 0.3) is 0 Å². The number of nitrogens with zero attached hydrogens (tertiary/aromatic N) is 1. The predicted octanol–water partition coefficient (Wildman–Crippen LogP) is 4.67. The normalized spacial score (nSPS) is 11.3. The Hall–Kier alpha value is -1.82. The number of hydrogen-bond acceptors (Lipinski definition) is 1. The number of carbonyl (C=O) groups excluding carboxylic acids is 1. The van der Waals surface area contributed by atoms with Gasteiger partial charge in [-0.15, -0.1) is 0 Å². The largest absolute Gasteiger partial charge is 0.416 e. The number of likely N-dealkylation sites (N-methyl/N-ethyl adjacent to an activating group) is 1. The smallest absolute Gasteiger partial charge is 0.315 e. The second-order valence-electron chi connectivity index (χ2n) is 4.81. The molecule has 2 aromatic carbocycles. The number of benzene rings is 2. The zero-order valence-corrected chi connectivity index (χ0v) is 13.3. The molecule has 2 rings (SSSR count). The van der Waals surface area contributed by atoms with Crippen LogP contribution < -0.4 is 4.90 Å². The maximum Gasteiger partial charge on any atom is 0.416 e. The summed E-state index contributed by atoms with van der Waals surface area (Å²) in [6, 6.07) is 12.5. The van der Waals surface area contributed by atoms with Crippen molar-refractivity contribution >= 4 is 27.5 Å². The van der Waals surface area contributed by atoms with Gasteiger partial charge in [-0.1, -0.05) is 46.3 Å². The summed E-state index contributed by atoms with van der Waals surface area (Å²) in [7, 11) is 1.47. The van der Waals surface area contributed by atoms with E-state index in [0.717, 1.165) is 17.7 Å². The number of alkyl halides is 3. The Bertz CT molecular complexity index is 671. The lowest BCUT2D eigenvalue weighted by molar-refractivity contribution is -0.137. The van der Waals surface area contributed by atoms with Crippen molar-refractivity contribution in [1.29, 1.82) is 0 Å². The fraction of sp³-hybridized carbons (Fsp3) is 0.188. The van der Waals surface area contributed by atoms with Crippen LogP contribution in [0.3, 0.4) is 0 Å². The maximum atomic E-state index is 12.8. The van der Waals surface area contributed by atoms with Gasteiger partial charge in [0.1, 0.15) is 0 Å². The van der Waals surface area contributed by atoms with Crippen LogP contribution in [0.5, 0.6) is 0 Å². The van der Waals surface area contributed by atoms with Gasteiger partial charge in [0.15, 0.2) is 0 Å². The third-order valence-corrected chi connectivity index (χ3v) is 3.63. The molecule has 0 bridgehead atoms. The van der Waals surface area contributed by atoms with Crippen molar-refractivity contribution in [3.8, 4) is 0 Å². The van der Waals surface area contributed by atoms with E-state index in [1.165, 1.54) is 18.0 Å². The Balaban J connectivity index is 2.23. The quantitative estimate of drug-likeness (QED) is 0.767. The highest BCUT2D eigenvalue weighted by Gasteiger charge is 2.31. The van der Waals surface area contributed by atoms with Crippen LogP contribution in [0.2, 0.25) is 0 Å². The summed E-state index contributed by atoms with van der Waals surface area (Å²) in [5, 5.41) is 0. The summed E-state index contributed by atoms with van der Waals surface area (Å²) in [5.41, 5.74) is 0.212. The van der Waals surface area contributed by atoms with Crippen molar-refractivity contribution in [1.82, 2.24) is 0 Å². The van der Waals surface area contributed by atoms with Crippen LogP contribution in [0.4, 0.5) is 18.9 Å². The van der Waals surface area contributed by atoms with Gasteiger partial charge in [-0.3, -0.25) is 4.79 Å². The average molecular weight is 372 g/mol. The molecule has 0 spiro atoms. The zero-order chi connectivity index (χ0) is 16.3. The highest BCUT2D eigenvalue weighted by atomic mass is 79.9. The molecule has 0 aliphatic heterocycles. The van der Waals surface area contributed by atoms with E-state index in [1.54, 1.807) is 12.1 Å². The molecule has 1 amide bonds. The topological polar surface area (TPSA) is 20.3 Å². The highest BCUT2D eigenvalue weighted by molar-refractivity contribution is 9.10. The molecule has 0 fully saturated rings. The van der Waals surface area contributed by atoms with Crippen molar-refractivity contribution in [2.75, 3.05) is 11.9 Å². The Morgan fingerprint density at radius 1 is 1.14 bits per heavy atom. The molecule has 0 unspecified atom stereocenters. The third kappa shape index (κ3) is 4.10. The van der Waals surface area contributed by atoms with E-state index >= 15 is 0 Å². The van der Waals surface area contributed by atoms with E-state index in [0.29, 0.717) is 0 Å². The molecule has 0 N–H and O–H groups in total. The first kappa shape index (κ1) is 16.5. The summed E-state index contributed by atoms with van der Waals surface area (Å²) in [5.74, 6) is -0.280. The molecule has 0 atom stereocenters. The molecule has 0 aliphatic rings. The van der Waals surface area contributed by atoms with Crippen LogP contribution in [0.25, 0.3) is 0 Å². The molecular weight excluding hydrogens is 359 g/mol. The molecule has 2 aromatic rings. The summed E-state index contributed by atoms with van der Waals surface area (Å²) in [6.45, 7) is 0. The molecule has 0 aliphatic carbocycles. The van der Waals surface area contributed by atoms with Crippen molar-refractivity contribution < 1.29 is 18.0 Å². The van der Waals surface area contributed by atoms with E-state index < -0.39 is 11.7 Å². The van der Waals surface area contributed by atoms with Gasteiger partial charge in [0.2, 0.25) is 5.91 Å². The van der Waals surface area contributed by atoms with E-state index in [1.807, 2.05) is 18.2 Å². The lowest BCUT2D eigenvalue weighted by atomic mass is 10.1. The van der Waals surface area contributed by atoms with Gasteiger partial charge in [-0.25, -0.2) is 0 Å². The second kappa shape index (κ2) is 6.52. The molecule has 0 aromatic heterocycles. The fourth-order valence-corrected chi connectivity index (χ4v) is 2.45. The number of anilines is 1. The van der Waals surface area contributed by atoms with E-state index in [9.17, 15) is 18.0 Å². The molecule has 0 heterocycles. The first-order chi connectivity index (χ1) is 10.3. The standard InChI is InChI=1S/C16H13BrF3NO/c1-21(15(22)7-11-5-3-2-4-6-11)14-9-12(16(18,19)20)8-13(17)10-14/h2-6,8-10H,7H2,1H3. The maximum absolute atomic E-state index is 12.8. The molecular formula is C16H13BrF3NO. The van der Waals surface area contributed by atoms with Crippen molar-refractivity contribution in [3.05, 3.63) is 64.1 Å². The van der Waals surface area contributed by atoms with E-state index in [4.69, 9.17) is 0 Å². The Morgan fingerprint density at radius 3 is 2.36 bits per heavy atom. The van der Waals surface area contributed by atoms with Gasteiger partial charge in [-0.2, -0.15) is 13.2 Å². The Kier molecular flexibility index (Phi) is 4.90. The first-order valence-corrected chi connectivity index (χ1v) is 7.25. The van der Waals surface area contributed by atoms with Crippen LogP contribution in [0, 0.1) is 0 Å². The molecule has 22 heavy (non-hydrogen) atoms. The minimum atomic E-state index is -4.46. The van der Waals surface area contributed by atoms with Gasteiger partial charge in [-0.05, 0) is 23.8 Å². The Labute approximate surface area is 134 Å².